The maximum absolute atomic E-state index is 9.40. The van der Waals surface area contributed by atoms with Crippen molar-refractivity contribution in [2.75, 3.05) is 21.3 Å². The summed E-state index contributed by atoms with van der Waals surface area (Å²) in [6.45, 7) is 0. The van der Waals surface area contributed by atoms with E-state index in [0.29, 0.717) is 34.4 Å². The SMILES string of the molecule is COc1cc(-c2nn(-c3ccc(O)cc3)c(=S)o2)cc(OC)c1OC. The molecule has 0 aliphatic heterocycles. The third-order valence-electron chi connectivity index (χ3n) is 3.55. The lowest BCUT2D eigenvalue weighted by molar-refractivity contribution is 0.324. The van der Waals surface area contributed by atoms with Crippen molar-refractivity contribution in [3.63, 3.8) is 0 Å². The summed E-state index contributed by atoms with van der Waals surface area (Å²) < 4.78 is 23.1. The highest BCUT2D eigenvalue weighted by molar-refractivity contribution is 7.71. The Morgan fingerprint density at radius 3 is 2.12 bits per heavy atom. The number of phenolic OH excluding ortho intramolecular Hbond substituents is 1. The molecular weight excluding hydrogens is 344 g/mol. The lowest BCUT2D eigenvalue weighted by atomic mass is 10.2. The average Bonchev–Trinajstić information content (AvgIpc) is 3.02. The van der Waals surface area contributed by atoms with Gasteiger partial charge in [-0.25, -0.2) is 0 Å². The monoisotopic (exact) mass is 360 g/mol. The minimum atomic E-state index is 0.156. The molecule has 0 saturated heterocycles. The molecule has 0 spiro atoms. The molecule has 0 aliphatic rings. The molecule has 0 atom stereocenters. The van der Waals surface area contributed by atoms with Crippen molar-refractivity contribution in [2.24, 2.45) is 0 Å². The van der Waals surface area contributed by atoms with E-state index in [1.165, 1.54) is 26.0 Å². The van der Waals surface area contributed by atoms with Gasteiger partial charge in [-0.05, 0) is 48.6 Å². The van der Waals surface area contributed by atoms with Crippen LogP contribution in [0.5, 0.6) is 23.0 Å². The van der Waals surface area contributed by atoms with Crippen LogP contribution >= 0.6 is 12.2 Å². The molecule has 3 rings (SSSR count). The molecule has 2 aromatic carbocycles. The van der Waals surface area contributed by atoms with Crippen LogP contribution in [0.3, 0.4) is 0 Å². The summed E-state index contributed by atoms with van der Waals surface area (Å²) in [6, 6.07) is 9.92. The number of rotatable bonds is 5. The molecule has 1 aromatic heterocycles. The van der Waals surface area contributed by atoms with Gasteiger partial charge in [0.2, 0.25) is 11.6 Å². The minimum Gasteiger partial charge on any atom is -0.508 e. The van der Waals surface area contributed by atoms with E-state index in [2.05, 4.69) is 5.10 Å². The fraction of sp³-hybridized carbons (Fsp3) is 0.176. The first-order chi connectivity index (χ1) is 12.1. The molecule has 1 heterocycles. The summed E-state index contributed by atoms with van der Waals surface area (Å²) in [5.41, 5.74) is 1.29. The Morgan fingerprint density at radius 2 is 1.60 bits per heavy atom. The molecule has 25 heavy (non-hydrogen) atoms. The summed E-state index contributed by atoms with van der Waals surface area (Å²) in [4.78, 5) is 0.175. The molecule has 7 nitrogen and oxygen atoms in total. The van der Waals surface area contributed by atoms with Crippen LogP contribution in [0, 0.1) is 4.84 Å². The number of benzene rings is 2. The summed E-state index contributed by atoms with van der Waals surface area (Å²) in [5, 5.41) is 13.8. The van der Waals surface area contributed by atoms with Crippen molar-refractivity contribution >= 4 is 12.2 Å². The Hall–Kier alpha value is -3.00. The molecule has 0 unspecified atom stereocenters. The molecule has 0 radical (unpaired) electrons. The van der Waals surface area contributed by atoms with Gasteiger partial charge in [-0.1, -0.05) is 0 Å². The van der Waals surface area contributed by atoms with Gasteiger partial charge in [-0.3, -0.25) is 0 Å². The standard InChI is InChI=1S/C17H16N2O5S/c1-21-13-8-10(9-14(22-2)15(13)23-3)16-18-19(17(25)24-16)11-4-6-12(20)7-5-11/h4-9,20H,1-3H3. The molecular formula is C17H16N2O5S. The Balaban J connectivity index is 2.10. The van der Waals surface area contributed by atoms with E-state index in [9.17, 15) is 5.11 Å². The fourth-order valence-corrected chi connectivity index (χ4v) is 2.58. The van der Waals surface area contributed by atoms with Crippen molar-refractivity contribution in [1.82, 2.24) is 9.78 Å². The van der Waals surface area contributed by atoms with Crippen molar-refractivity contribution in [3.8, 4) is 40.1 Å². The Kier molecular flexibility index (Phi) is 4.62. The number of aromatic hydroxyl groups is 1. The lowest BCUT2D eigenvalue weighted by Gasteiger charge is -2.12. The van der Waals surface area contributed by atoms with E-state index in [0.717, 1.165) is 0 Å². The van der Waals surface area contributed by atoms with Crippen LogP contribution in [0.1, 0.15) is 0 Å². The highest BCUT2D eigenvalue weighted by Crippen LogP contribution is 2.40. The van der Waals surface area contributed by atoms with Gasteiger partial charge in [-0.2, -0.15) is 4.68 Å². The van der Waals surface area contributed by atoms with Crippen molar-refractivity contribution < 1.29 is 23.7 Å². The molecule has 0 aliphatic carbocycles. The molecule has 3 aromatic rings. The zero-order valence-electron chi connectivity index (χ0n) is 13.8. The van der Waals surface area contributed by atoms with Gasteiger partial charge in [0.25, 0.3) is 4.84 Å². The third-order valence-corrected chi connectivity index (χ3v) is 3.81. The summed E-state index contributed by atoms with van der Waals surface area (Å²) in [5.74, 6) is 1.90. The van der Waals surface area contributed by atoms with Crippen molar-refractivity contribution in [2.45, 2.75) is 0 Å². The minimum absolute atomic E-state index is 0.156. The fourth-order valence-electron chi connectivity index (χ4n) is 2.36. The van der Waals surface area contributed by atoms with Gasteiger partial charge in [0.15, 0.2) is 11.5 Å². The Labute approximate surface area is 149 Å². The molecule has 0 bridgehead atoms. The highest BCUT2D eigenvalue weighted by atomic mass is 32.1. The first-order valence-corrected chi connectivity index (χ1v) is 7.68. The van der Waals surface area contributed by atoms with Gasteiger partial charge in [-0.15, -0.1) is 5.10 Å². The van der Waals surface area contributed by atoms with Gasteiger partial charge in [0.05, 0.1) is 27.0 Å². The number of methoxy groups -OCH3 is 3. The largest absolute Gasteiger partial charge is 0.508 e. The zero-order valence-corrected chi connectivity index (χ0v) is 14.7. The maximum atomic E-state index is 9.40. The second-order valence-electron chi connectivity index (χ2n) is 5.02. The Bertz CT molecular complexity index is 921. The van der Waals surface area contributed by atoms with Crippen LogP contribution < -0.4 is 14.2 Å². The zero-order chi connectivity index (χ0) is 18.0. The summed E-state index contributed by atoms with van der Waals surface area (Å²) >= 11 is 5.24. The number of hydrogen-bond acceptors (Lipinski definition) is 7. The average molecular weight is 360 g/mol. The van der Waals surface area contributed by atoms with Gasteiger partial charge < -0.3 is 23.7 Å². The first-order valence-electron chi connectivity index (χ1n) is 7.27. The lowest BCUT2D eigenvalue weighted by Crippen LogP contribution is -1.97. The van der Waals surface area contributed by atoms with Crippen LogP contribution in [0.4, 0.5) is 0 Å². The normalized spacial score (nSPS) is 10.5. The number of aromatic nitrogens is 2. The highest BCUT2D eigenvalue weighted by Gasteiger charge is 2.17. The molecule has 0 amide bonds. The van der Waals surface area contributed by atoms with Crippen molar-refractivity contribution in [1.29, 1.82) is 0 Å². The van der Waals surface area contributed by atoms with Crippen LogP contribution in [0.2, 0.25) is 0 Å². The van der Waals surface area contributed by atoms with E-state index < -0.39 is 0 Å². The Morgan fingerprint density at radius 1 is 1.00 bits per heavy atom. The van der Waals surface area contributed by atoms with E-state index in [-0.39, 0.29) is 10.6 Å². The molecule has 130 valence electrons. The van der Waals surface area contributed by atoms with Crippen LogP contribution in [0.15, 0.2) is 40.8 Å². The van der Waals surface area contributed by atoms with E-state index in [4.69, 9.17) is 30.8 Å². The predicted octanol–water partition coefficient (Wildman–Crippen LogP) is 3.59. The van der Waals surface area contributed by atoms with Gasteiger partial charge in [0.1, 0.15) is 5.75 Å². The number of ether oxygens (including phenoxy) is 3. The number of hydrogen-bond donors (Lipinski definition) is 1. The topological polar surface area (TPSA) is 78.9 Å². The second kappa shape index (κ2) is 6.86. The van der Waals surface area contributed by atoms with Crippen LogP contribution in [-0.2, 0) is 0 Å². The van der Waals surface area contributed by atoms with Crippen molar-refractivity contribution in [3.05, 3.63) is 41.2 Å². The van der Waals surface area contributed by atoms with Crippen LogP contribution in [0.25, 0.3) is 17.1 Å². The van der Waals surface area contributed by atoms with E-state index in [1.54, 1.807) is 36.4 Å². The molecule has 0 fully saturated rings. The number of nitrogens with zero attached hydrogens (tertiary/aromatic N) is 2. The quantitative estimate of drug-likeness (QED) is 0.697. The summed E-state index contributed by atoms with van der Waals surface area (Å²) in [6.07, 6.45) is 0. The molecule has 8 heteroatoms. The molecule has 1 N–H and O–H groups in total. The third kappa shape index (κ3) is 3.16. The van der Waals surface area contributed by atoms with Gasteiger partial charge in [0, 0.05) is 5.56 Å². The van der Waals surface area contributed by atoms with E-state index in [1.807, 2.05) is 0 Å². The van der Waals surface area contributed by atoms with E-state index >= 15 is 0 Å². The van der Waals surface area contributed by atoms with Crippen LogP contribution in [-0.4, -0.2) is 36.2 Å². The maximum Gasteiger partial charge on any atom is 0.292 e. The first kappa shape index (κ1) is 16.8. The smallest absolute Gasteiger partial charge is 0.292 e. The molecule has 0 saturated carbocycles. The second-order valence-corrected chi connectivity index (χ2v) is 5.36. The summed E-state index contributed by atoms with van der Waals surface area (Å²) in [7, 11) is 4.60. The van der Waals surface area contributed by atoms with Gasteiger partial charge >= 0.3 is 0 Å². The predicted molar refractivity (Wildman–Crippen MR) is 93.4 cm³/mol. The number of phenols is 1.